The molecule has 0 spiro atoms. The van der Waals surface area contributed by atoms with Crippen LogP contribution in [0.25, 0.3) is 50.2 Å². The number of aromatic nitrogens is 2. The number of benzene rings is 6. The Hall–Kier alpha value is -1.97. The van der Waals surface area contributed by atoms with E-state index in [1.54, 1.807) is 17.5 Å². The summed E-state index contributed by atoms with van der Waals surface area (Å²) >= 11 is 6.52. The molecule has 0 amide bonds. The first kappa shape index (κ1) is 125. The van der Waals surface area contributed by atoms with Crippen LogP contribution >= 0.6 is 93.2 Å². The minimum atomic E-state index is -0.519. The molecule has 589 valence electrons. The number of nitrogens with one attached hydrogen (secondary N) is 1. The predicted molar refractivity (Wildman–Crippen MR) is 471 cm³/mol. The second-order valence-corrected chi connectivity index (χ2v) is 30.2. The number of halogens is 2. The standard InChI is InChI=1S/C26H21N3P2.C25H20O6P2.C19H14Br2O2.C4H6OP.2C2H4P.7CH3.7V.W/c1-3-30-23-12-21(13-27-23)17-7-15-5-6-16-8-18(22-14-28-26(29-22)31-4-2)10-20-11-19(9-17)24(15)25(16)20;1-3-32-24(28)30-12-20(26)16-7-14-5-6-15-8-17(21(27)13-31-25(29)33-4-2)10-19-11-18(9-16)22(14)23(15)19;20-8-16(22)12-3-10-1-2-11-4-13(17(23)9-21)6-15-7-14(5-12)18(10)19(11)15;1-2-6-4-3-5;2*1-2-3;;;;;;;;;;;;;;;/h1-4,7-10,13-14,30-31H,5-6,11-12H2,(H,28,29);1-4,7-10,32-33H,5-6,11-13H2;3-6H,1-2,7-9H2;1-6H;2*1-2H,3H2;7*1H3;;;;;;;;/q2*-2;;10*-1;7*+2;. The fourth-order valence-electron chi connectivity index (χ4n) is 13.3. The van der Waals surface area contributed by atoms with Crippen LogP contribution in [0, 0.1) is 98.0 Å². The van der Waals surface area contributed by atoms with E-state index in [-0.39, 0.29) is 256 Å². The van der Waals surface area contributed by atoms with E-state index < -0.39 is 11.4 Å². The smallest absolute Gasteiger partial charge is 0.516 e. The number of aliphatic hydroxyl groups excluding tert-OH is 1. The number of aromatic amines is 1. The number of Topliss-reactive ketones (excluding diaryl/α,β-unsaturated/α-hetero) is 4. The van der Waals surface area contributed by atoms with E-state index >= 15 is 0 Å². The van der Waals surface area contributed by atoms with Crippen molar-refractivity contribution in [2.45, 2.75) is 64.2 Å². The van der Waals surface area contributed by atoms with Crippen molar-refractivity contribution in [3.05, 3.63) is 331 Å². The molecule has 2 heterocycles. The predicted octanol–water partition coefficient (Wildman–Crippen LogP) is 21.9. The minimum absolute atomic E-state index is 0. The third-order valence-corrected chi connectivity index (χ3v) is 21.2. The summed E-state index contributed by atoms with van der Waals surface area (Å²) in [4.78, 5) is 84.9. The number of imidazole rings is 1. The molecule has 2 N–H and O–H groups in total. The molecule has 0 bridgehead atoms. The van der Waals surface area contributed by atoms with Gasteiger partial charge in [-0.1, -0.05) is 61.2 Å². The van der Waals surface area contributed by atoms with Crippen LogP contribution in [-0.4, -0.2) is 79.0 Å². The van der Waals surface area contributed by atoms with Crippen LogP contribution in [0.4, 0.5) is 9.59 Å². The van der Waals surface area contributed by atoms with Gasteiger partial charge in [0.15, 0.2) is 36.3 Å². The van der Waals surface area contributed by atoms with Crippen LogP contribution in [-0.2, 0) is 218 Å². The molecule has 0 saturated carbocycles. The number of carbonyl (C=O) groups excluding carboxylic acids is 6. The zero-order chi connectivity index (χ0) is 70.9. The topological polar surface area (TPSA) is 182 Å². The van der Waals surface area contributed by atoms with E-state index in [2.05, 4.69) is 115 Å². The monoisotopic (exact) mass is 2210 g/mol. The van der Waals surface area contributed by atoms with Gasteiger partial charge in [0.1, 0.15) is 5.57 Å². The van der Waals surface area contributed by atoms with Crippen molar-refractivity contribution in [3.63, 3.8) is 0 Å². The Kier molecular flexibility index (Phi) is 68.3. The quantitative estimate of drug-likeness (QED) is 0.0218. The summed E-state index contributed by atoms with van der Waals surface area (Å²) in [5.41, 5.74) is 31.5. The third-order valence-electron chi connectivity index (χ3n) is 17.0. The third kappa shape index (κ3) is 31.4. The van der Waals surface area contributed by atoms with Gasteiger partial charge in [-0.2, -0.15) is 18.5 Å². The fraction of sp³-hybridized carbons (Fsp3) is 0.165. The van der Waals surface area contributed by atoms with Crippen molar-refractivity contribution in [2.75, 3.05) is 23.9 Å². The average Bonchev–Trinajstić information content (AvgIpc) is 1.59. The van der Waals surface area contributed by atoms with Gasteiger partial charge in [0.05, 0.1) is 28.8 Å². The first-order valence-electron chi connectivity index (χ1n) is 31.2. The Balaban J connectivity index is -0.000000267. The summed E-state index contributed by atoms with van der Waals surface area (Å²) in [6.45, 7) is 35.3. The van der Waals surface area contributed by atoms with Crippen molar-refractivity contribution in [3.8, 4) is 44.6 Å². The maximum absolute atomic E-state index is 12.6. The van der Waals surface area contributed by atoms with Gasteiger partial charge < -0.3 is 118 Å². The Morgan fingerprint density at radius 1 is 0.447 bits per heavy atom. The van der Waals surface area contributed by atoms with Gasteiger partial charge in [-0.05, 0) is 253 Å². The molecule has 14 rings (SSSR count). The van der Waals surface area contributed by atoms with Crippen LogP contribution in [0.5, 0.6) is 0 Å². The van der Waals surface area contributed by atoms with Gasteiger partial charge in [0.25, 0.3) is 0 Å². The van der Waals surface area contributed by atoms with Crippen LogP contribution in [0.2, 0.25) is 0 Å². The molecule has 7 radical (unpaired) electrons. The van der Waals surface area contributed by atoms with Gasteiger partial charge >= 0.3 is 141 Å². The SMILES string of the molecule is O=C(CBr)c1cc2c3c(c1)Cc1cc(C(=O)CBr)cc(c1-3)CC2.[CH-]=CP.[CH-]=CP.[CH-]=CPC(=O)OCC(=O)c1cc2c3c(c1)Cc1cc(C(=O)COC(=O)PC=[CH-])cc(c1-3)CC2.[CH-]=CPC1=NC=C(c2cc3c4c(c2)Cc2cc(-c5cnc(PC=[CH-])[nH]5)cc(c2-4)CC3)C1.[CH-]=CPC=CO.[CH3-].[CH3-].[CH3-].[CH3-].[CH3-].[CH3-].[CH3-].[V+2].[V+2].[V+2].[V+2].[V+2].[V+2].[V+2].[W]. The number of hydrogen-bond acceptors (Lipinski definition) is 11. The molecule has 12 nitrogen and oxygen atoms in total. The van der Waals surface area contributed by atoms with E-state index in [1.807, 2.05) is 48.8 Å². The van der Waals surface area contributed by atoms with Crippen molar-refractivity contribution in [1.82, 2.24) is 9.97 Å². The first-order valence-corrected chi connectivity index (χ1v) is 40.2. The Morgan fingerprint density at radius 3 is 1.07 bits per heavy atom. The second kappa shape index (κ2) is 62.2. The van der Waals surface area contributed by atoms with Crippen molar-refractivity contribution in [1.29, 1.82) is 0 Å². The molecule has 7 unspecified atom stereocenters. The number of alkyl halides is 2. The average molecular weight is 2210 g/mol. The van der Waals surface area contributed by atoms with Crippen molar-refractivity contribution in [2.24, 2.45) is 4.99 Å². The zero-order valence-corrected chi connectivity index (χ0v) is 87.5. The summed E-state index contributed by atoms with van der Waals surface area (Å²) in [6.07, 6.45) is 13.8. The van der Waals surface area contributed by atoms with Crippen LogP contribution in [0.15, 0.2) is 143 Å². The van der Waals surface area contributed by atoms with Crippen LogP contribution in [0.3, 0.4) is 0 Å². The van der Waals surface area contributed by atoms with Gasteiger partial charge in [0.2, 0.25) is 0 Å². The number of hydrogen-bond donors (Lipinski definition) is 2. The normalized spacial score (nSPS) is 11.9. The summed E-state index contributed by atoms with van der Waals surface area (Å²) in [5.74, 6) is 11.4. The molecule has 7 atom stereocenters. The van der Waals surface area contributed by atoms with Crippen LogP contribution in [0.1, 0.15) is 120 Å². The van der Waals surface area contributed by atoms with Crippen LogP contribution < -0.4 is 5.57 Å². The number of aryl methyl sites for hydroxylation is 6. The summed E-state index contributed by atoms with van der Waals surface area (Å²) < 4.78 is 9.99. The molecule has 1 aromatic heterocycles. The molecule has 6 aliphatic carbocycles. The molecule has 7 aromatic rings. The molecule has 0 saturated heterocycles. The summed E-state index contributed by atoms with van der Waals surface area (Å²) in [7, 11) is 5.22. The number of rotatable bonds is 22. The van der Waals surface area contributed by atoms with Gasteiger partial charge in [-0.15, -0.1) is 8.58 Å². The molecule has 114 heavy (non-hydrogen) atoms. The van der Waals surface area contributed by atoms with Crippen molar-refractivity contribution < 1.29 is 194 Å². The Bertz CT molecular complexity index is 4440. The maximum atomic E-state index is 12.6. The number of nitrogens with zero attached hydrogens (tertiary/aromatic N) is 2. The summed E-state index contributed by atoms with van der Waals surface area (Å²) in [6, 6.07) is 25.1. The van der Waals surface area contributed by atoms with Crippen molar-refractivity contribution >= 4 is 144 Å². The molecule has 7 aliphatic rings. The maximum Gasteiger partial charge on any atom is 2.00 e. The molecular formula is C85H90Br2N3O9P7V7W. The number of ketones is 4. The van der Waals surface area contributed by atoms with E-state index in [0.29, 0.717) is 53.9 Å². The number of carbonyl (C=O) groups is 6. The molecule has 0 fully saturated rings. The molecule has 29 heteroatoms. The van der Waals surface area contributed by atoms with Gasteiger partial charge in [-0.3, -0.25) is 35.8 Å². The molecule has 1 aliphatic heterocycles. The number of aliphatic hydroxyl groups is 1. The van der Waals surface area contributed by atoms with E-state index in [9.17, 15) is 28.8 Å². The molecule has 6 aromatic carbocycles. The van der Waals surface area contributed by atoms with Gasteiger partial charge in [-0.25, -0.2) is 43.7 Å². The second-order valence-electron chi connectivity index (χ2n) is 23.0. The largest absolute Gasteiger partial charge is 2.00 e. The van der Waals surface area contributed by atoms with E-state index in [1.165, 1.54) is 118 Å². The Morgan fingerprint density at radius 2 is 0.754 bits per heavy atom. The van der Waals surface area contributed by atoms with E-state index in [4.69, 9.17) is 47.5 Å². The number of aliphatic imine (C=N–C) groups is 1. The van der Waals surface area contributed by atoms with E-state index in [0.717, 1.165) is 120 Å². The summed E-state index contributed by atoms with van der Waals surface area (Å²) in [5, 5.41) is 8.66. The minimum Gasteiger partial charge on any atom is -0.516 e. The zero-order valence-electron chi connectivity index (χ0n) is 64.3. The van der Waals surface area contributed by atoms with Gasteiger partial charge in [0, 0.05) is 67.0 Å². The number of ether oxygens (including phenoxy) is 2. The molecular weight excluding hydrogens is 2120 g/mol. The number of H-pyrrole nitrogens is 1. The first-order chi connectivity index (χ1) is 48.0. The fourth-order valence-corrected chi connectivity index (χ4v) is 15.8. The Labute approximate surface area is 807 Å². The number of allylic oxidation sites excluding steroid dienone is 1.